The van der Waals surface area contributed by atoms with Crippen molar-refractivity contribution in [2.75, 3.05) is 6.54 Å². The van der Waals surface area contributed by atoms with E-state index in [2.05, 4.69) is 18.3 Å². The smallest absolute Gasteiger partial charge is 0.242 e. The number of unbranched alkanes of at least 4 members (excludes halogenated alkanes) is 1. The minimum atomic E-state index is -0.518. The van der Waals surface area contributed by atoms with Crippen LogP contribution in [0, 0.1) is 13.8 Å². The minimum absolute atomic E-state index is 0.0352. The third-order valence-corrected chi connectivity index (χ3v) is 4.83. The number of nitrogens with one attached hydrogen (secondary N) is 1. The molecule has 1 N–H and O–H groups in total. The molecule has 4 nitrogen and oxygen atoms in total. The number of aryl methyl sites for hydroxylation is 2. The maximum absolute atomic E-state index is 13.2. The van der Waals surface area contributed by atoms with Crippen LogP contribution in [-0.4, -0.2) is 29.3 Å². The van der Waals surface area contributed by atoms with Crippen molar-refractivity contribution in [3.05, 3.63) is 70.8 Å². The maximum atomic E-state index is 13.2. The van der Waals surface area contributed by atoms with Crippen molar-refractivity contribution < 1.29 is 9.59 Å². The van der Waals surface area contributed by atoms with E-state index in [9.17, 15) is 9.59 Å². The van der Waals surface area contributed by atoms with Crippen molar-refractivity contribution in [2.24, 2.45) is 0 Å². The maximum Gasteiger partial charge on any atom is 0.242 e. The van der Waals surface area contributed by atoms with Gasteiger partial charge in [0.05, 0.1) is 6.42 Å². The molecule has 0 fully saturated rings. The Labute approximate surface area is 169 Å². The third kappa shape index (κ3) is 6.52. The summed E-state index contributed by atoms with van der Waals surface area (Å²) in [6.07, 6.45) is 2.25. The molecular formula is C24H32N2O2. The first-order chi connectivity index (χ1) is 13.4. The highest BCUT2D eigenvalue weighted by Gasteiger charge is 2.26. The normalized spacial score (nSPS) is 11.7. The fourth-order valence-electron chi connectivity index (χ4n) is 3.35. The molecule has 0 heterocycles. The van der Waals surface area contributed by atoms with Gasteiger partial charge in [-0.2, -0.15) is 0 Å². The summed E-state index contributed by atoms with van der Waals surface area (Å²) in [4.78, 5) is 27.5. The quantitative estimate of drug-likeness (QED) is 0.664. The Hall–Kier alpha value is -2.62. The number of carbonyl (C=O) groups excluding carboxylic acids is 2. The van der Waals surface area contributed by atoms with Crippen LogP contribution < -0.4 is 5.32 Å². The van der Waals surface area contributed by atoms with Gasteiger partial charge in [0.15, 0.2) is 0 Å². The molecule has 0 aliphatic heterocycles. The number of benzene rings is 2. The zero-order chi connectivity index (χ0) is 20.5. The standard InChI is InChI=1S/C24H32N2O2/c1-5-6-12-25-24(28)20(4)26(17-21-10-8-7-9-11-21)23(27)16-22-14-18(2)13-19(3)15-22/h7-11,13-15,20H,5-6,12,16-17H2,1-4H3,(H,25,28)/t20-/m0/s1. The van der Waals surface area contributed by atoms with Crippen LogP contribution in [-0.2, 0) is 22.6 Å². The molecule has 0 aromatic heterocycles. The number of nitrogens with zero attached hydrogens (tertiary/aromatic N) is 1. The lowest BCUT2D eigenvalue weighted by atomic mass is 10.0. The molecule has 0 saturated heterocycles. The number of hydrogen-bond donors (Lipinski definition) is 1. The predicted octanol–water partition coefficient (Wildman–Crippen LogP) is 4.18. The van der Waals surface area contributed by atoms with Gasteiger partial charge in [-0.25, -0.2) is 0 Å². The van der Waals surface area contributed by atoms with E-state index >= 15 is 0 Å². The molecule has 0 unspecified atom stereocenters. The molecule has 2 aromatic carbocycles. The summed E-state index contributed by atoms with van der Waals surface area (Å²) in [7, 11) is 0. The Kier molecular flexibility index (Phi) is 8.24. The molecule has 2 amide bonds. The first kappa shape index (κ1) is 21.7. The summed E-state index contributed by atoms with van der Waals surface area (Å²) in [6.45, 7) is 9.03. The first-order valence-corrected chi connectivity index (χ1v) is 10.1. The van der Waals surface area contributed by atoms with E-state index < -0.39 is 6.04 Å². The molecule has 28 heavy (non-hydrogen) atoms. The number of rotatable bonds is 9. The molecule has 150 valence electrons. The van der Waals surface area contributed by atoms with Crippen LogP contribution in [0.3, 0.4) is 0 Å². The molecule has 0 aliphatic rings. The summed E-state index contributed by atoms with van der Waals surface area (Å²) < 4.78 is 0. The molecule has 0 aliphatic carbocycles. The van der Waals surface area contributed by atoms with E-state index in [1.807, 2.05) is 63.2 Å². The predicted molar refractivity (Wildman–Crippen MR) is 114 cm³/mol. The lowest BCUT2D eigenvalue weighted by molar-refractivity contribution is -0.140. The number of hydrogen-bond acceptors (Lipinski definition) is 2. The van der Waals surface area contributed by atoms with Crippen molar-refractivity contribution in [1.82, 2.24) is 10.2 Å². The summed E-state index contributed by atoms with van der Waals surface area (Å²) in [5, 5.41) is 2.95. The highest BCUT2D eigenvalue weighted by Crippen LogP contribution is 2.15. The van der Waals surface area contributed by atoms with Crippen LogP contribution in [0.1, 0.15) is 48.9 Å². The molecular weight excluding hydrogens is 348 g/mol. The fourth-order valence-corrected chi connectivity index (χ4v) is 3.35. The monoisotopic (exact) mass is 380 g/mol. The van der Waals surface area contributed by atoms with E-state index in [-0.39, 0.29) is 11.8 Å². The van der Waals surface area contributed by atoms with E-state index in [1.54, 1.807) is 4.90 Å². The first-order valence-electron chi connectivity index (χ1n) is 10.1. The van der Waals surface area contributed by atoms with Crippen LogP contribution in [0.2, 0.25) is 0 Å². The zero-order valence-electron chi connectivity index (χ0n) is 17.5. The average molecular weight is 381 g/mol. The van der Waals surface area contributed by atoms with Crippen LogP contribution in [0.15, 0.2) is 48.5 Å². The molecule has 2 rings (SSSR count). The lowest BCUT2D eigenvalue weighted by Gasteiger charge is -2.29. The van der Waals surface area contributed by atoms with Crippen molar-refractivity contribution >= 4 is 11.8 Å². The van der Waals surface area contributed by atoms with Gasteiger partial charge in [0.2, 0.25) is 11.8 Å². The SMILES string of the molecule is CCCCNC(=O)[C@H](C)N(Cc1ccccc1)C(=O)Cc1cc(C)cc(C)c1. The average Bonchev–Trinajstić information content (AvgIpc) is 2.65. The molecule has 0 bridgehead atoms. The van der Waals surface area contributed by atoms with Gasteiger partial charge in [-0.3, -0.25) is 9.59 Å². The lowest BCUT2D eigenvalue weighted by Crippen LogP contribution is -2.48. The largest absolute Gasteiger partial charge is 0.354 e. The second-order valence-electron chi connectivity index (χ2n) is 7.50. The van der Waals surface area contributed by atoms with Gasteiger partial charge in [-0.15, -0.1) is 0 Å². The van der Waals surface area contributed by atoms with Gasteiger partial charge in [0.1, 0.15) is 6.04 Å². The molecule has 0 saturated carbocycles. The highest BCUT2D eigenvalue weighted by atomic mass is 16.2. The van der Waals surface area contributed by atoms with Gasteiger partial charge in [-0.1, -0.05) is 73.0 Å². The van der Waals surface area contributed by atoms with Gasteiger partial charge >= 0.3 is 0 Å². The second-order valence-corrected chi connectivity index (χ2v) is 7.50. The Morgan fingerprint density at radius 1 is 1.00 bits per heavy atom. The molecule has 2 aromatic rings. The summed E-state index contributed by atoms with van der Waals surface area (Å²) in [6, 6.07) is 15.5. The minimum Gasteiger partial charge on any atom is -0.354 e. The van der Waals surface area contributed by atoms with Crippen LogP contribution in [0.5, 0.6) is 0 Å². The van der Waals surface area contributed by atoms with Gasteiger partial charge in [0.25, 0.3) is 0 Å². The molecule has 4 heteroatoms. The van der Waals surface area contributed by atoms with Crippen LogP contribution >= 0.6 is 0 Å². The van der Waals surface area contributed by atoms with E-state index in [0.717, 1.165) is 35.1 Å². The number of carbonyl (C=O) groups is 2. The summed E-state index contributed by atoms with van der Waals surface area (Å²) >= 11 is 0. The Bertz CT molecular complexity index is 766. The fraction of sp³-hybridized carbons (Fsp3) is 0.417. The van der Waals surface area contributed by atoms with Crippen molar-refractivity contribution in [1.29, 1.82) is 0 Å². The Morgan fingerprint density at radius 3 is 2.25 bits per heavy atom. The third-order valence-electron chi connectivity index (χ3n) is 4.83. The van der Waals surface area contributed by atoms with Crippen molar-refractivity contribution in [2.45, 2.75) is 59.5 Å². The summed E-state index contributed by atoms with van der Waals surface area (Å²) in [5.74, 6) is -0.134. The molecule has 0 radical (unpaired) electrons. The number of amides is 2. The van der Waals surface area contributed by atoms with E-state index in [0.29, 0.717) is 19.5 Å². The highest BCUT2D eigenvalue weighted by molar-refractivity contribution is 5.88. The van der Waals surface area contributed by atoms with Crippen molar-refractivity contribution in [3.63, 3.8) is 0 Å². The van der Waals surface area contributed by atoms with Crippen molar-refractivity contribution in [3.8, 4) is 0 Å². The topological polar surface area (TPSA) is 49.4 Å². The Balaban J connectivity index is 2.18. The van der Waals surface area contributed by atoms with Gasteiger partial charge in [-0.05, 0) is 38.3 Å². The molecule has 1 atom stereocenters. The zero-order valence-corrected chi connectivity index (χ0v) is 17.5. The van der Waals surface area contributed by atoms with Gasteiger partial charge < -0.3 is 10.2 Å². The summed E-state index contributed by atoms with van der Waals surface area (Å²) in [5.41, 5.74) is 4.29. The second kappa shape index (κ2) is 10.6. The molecule has 0 spiro atoms. The van der Waals surface area contributed by atoms with Gasteiger partial charge in [0, 0.05) is 13.1 Å². The Morgan fingerprint density at radius 2 is 1.64 bits per heavy atom. The van der Waals surface area contributed by atoms with Crippen LogP contribution in [0.25, 0.3) is 0 Å². The van der Waals surface area contributed by atoms with Crippen LogP contribution in [0.4, 0.5) is 0 Å². The van der Waals surface area contributed by atoms with E-state index in [4.69, 9.17) is 0 Å². The van der Waals surface area contributed by atoms with E-state index in [1.165, 1.54) is 0 Å².